The molecule has 0 aliphatic carbocycles. The van der Waals surface area contributed by atoms with Gasteiger partial charge in [0, 0.05) is 17.7 Å². The molecule has 0 aromatic heterocycles. The maximum atomic E-state index is 6.00. The van der Waals surface area contributed by atoms with Gasteiger partial charge in [-0.3, -0.25) is 0 Å². The van der Waals surface area contributed by atoms with Crippen LogP contribution in [0.2, 0.25) is 5.02 Å². The Hall–Kier alpha value is -0.570. The molecule has 3 heteroatoms. The van der Waals surface area contributed by atoms with Crippen LogP contribution in [-0.2, 0) is 11.2 Å². The predicted octanol–water partition coefficient (Wildman–Crippen LogP) is 2.65. The van der Waals surface area contributed by atoms with E-state index in [2.05, 4.69) is 11.4 Å². The summed E-state index contributed by atoms with van der Waals surface area (Å²) in [6.45, 7) is 1.85. The first-order valence-corrected chi connectivity index (χ1v) is 6.10. The Morgan fingerprint density at radius 1 is 1.50 bits per heavy atom. The fourth-order valence-electron chi connectivity index (χ4n) is 2.51. The van der Waals surface area contributed by atoms with Crippen molar-refractivity contribution < 1.29 is 4.74 Å². The Labute approximate surface area is 102 Å². The fourth-order valence-corrected chi connectivity index (χ4v) is 2.72. The zero-order chi connectivity index (χ0) is 11.4. The average Bonchev–Trinajstić information content (AvgIpc) is 2.67. The fraction of sp³-hybridized carbons (Fsp3) is 0.538. The van der Waals surface area contributed by atoms with Crippen LogP contribution in [-0.4, -0.2) is 25.8 Å². The molecule has 1 aromatic carbocycles. The van der Waals surface area contributed by atoms with E-state index < -0.39 is 0 Å². The van der Waals surface area contributed by atoms with Crippen molar-refractivity contribution in [3.63, 3.8) is 0 Å². The summed E-state index contributed by atoms with van der Waals surface area (Å²) in [5.41, 5.74) is 1.39. The number of halogens is 1. The molecule has 16 heavy (non-hydrogen) atoms. The molecule has 1 heterocycles. The summed E-state index contributed by atoms with van der Waals surface area (Å²) in [5.74, 6) is 0. The summed E-state index contributed by atoms with van der Waals surface area (Å²) in [4.78, 5) is 0. The maximum absolute atomic E-state index is 6.00. The lowest BCUT2D eigenvalue weighted by molar-refractivity contribution is 0.120. The predicted molar refractivity (Wildman–Crippen MR) is 67.0 cm³/mol. The molecule has 88 valence electrons. The summed E-state index contributed by atoms with van der Waals surface area (Å²) >= 11 is 6.00. The van der Waals surface area contributed by atoms with Crippen molar-refractivity contribution >= 4 is 11.6 Å². The van der Waals surface area contributed by atoms with Gasteiger partial charge in [0.15, 0.2) is 0 Å². The van der Waals surface area contributed by atoms with Crippen molar-refractivity contribution in [3.8, 4) is 0 Å². The molecular weight excluding hydrogens is 222 g/mol. The van der Waals surface area contributed by atoms with Crippen LogP contribution in [0.4, 0.5) is 0 Å². The van der Waals surface area contributed by atoms with Gasteiger partial charge in [0.1, 0.15) is 0 Å². The standard InChI is InChI=1S/C13H18ClNO/c1-16-10-13(6-3-7-15-13)9-11-4-2-5-12(14)8-11/h2,4-5,8,15H,3,6-7,9-10H2,1H3. The van der Waals surface area contributed by atoms with Gasteiger partial charge in [-0.25, -0.2) is 0 Å². The van der Waals surface area contributed by atoms with Crippen molar-refractivity contribution in [1.29, 1.82) is 0 Å². The van der Waals surface area contributed by atoms with Gasteiger partial charge in [0.05, 0.1) is 6.61 Å². The number of rotatable bonds is 4. The first kappa shape index (κ1) is 11.9. The maximum Gasteiger partial charge on any atom is 0.0647 e. The highest BCUT2D eigenvalue weighted by Crippen LogP contribution is 2.25. The summed E-state index contributed by atoms with van der Waals surface area (Å²) in [7, 11) is 1.76. The van der Waals surface area contributed by atoms with Gasteiger partial charge in [-0.1, -0.05) is 23.7 Å². The van der Waals surface area contributed by atoms with Crippen LogP contribution < -0.4 is 5.32 Å². The van der Waals surface area contributed by atoms with Gasteiger partial charge in [0.25, 0.3) is 0 Å². The van der Waals surface area contributed by atoms with E-state index >= 15 is 0 Å². The quantitative estimate of drug-likeness (QED) is 0.872. The molecule has 1 fully saturated rings. The number of ether oxygens (including phenoxy) is 1. The lowest BCUT2D eigenvalue weighted by atomic mass is 9.90. The van der Waals surface area contributed by atoms with E-state index in [0.29, 0.717) is 0 Å². The molecule has 0 amide bonds. The first-order valence-electron chi connectivity index (χ1n) is 5.73. The molecule has 1 aliphatic rings. The van der Waals surface area contributed by atoms with Crippen molar-refractivity contribution in [1.82, 2.24) is 5.32 Å². The Morgan fingerprint density at radius 3 is 3.00 bits per heavy atom. The third kappa shape index (κ3) is 2.76. The van der Waals surface area contributed by atoms with E-state index in [9.17, 15) is 0 Å². The topological polar surface area (TPSA) is 21.3 Å². The molecular formula is C13H18ClNO. The average molecular weight is 240 g/mol. The van der Waals surface area contributed by atoms with Gasteiger partial charge in [-0.05, 0) is 43.5 Å². The highest BCUT2D eigenvalue weighted by Gasteiger charge is 2.33. The van der Waals surface area contributed by atoms with Crippen LogP contribution in [0.1, 0.15) is 18.4 Å². The number of nitrogens with one attached hydrogen (secondary N) is 1. The van der Waals surface area contributed by atoms with Gasteiger partial charge >= 0.3 is 0 Å². The minimum atomic E-state index is 0.111. The molecule has 0 saturated carbocycles. The Morgan fingerprint density at radius 2 is 2.38 bits per heavy atom. The van der Waals surface area contributed by atoms with Gasteiger partial charge in [0.2, 0.25) is 0 Å². The van der Waals surface area contributed by atoms with Crippen LogP contribution in [0.25, 0.3) is 0 Å². The molecule has 2 nitrogen and oxygen atoms in total. The number of benzene rings is 1. The van der Waals surface area contributed by atoms with E-state index in [1.807, 2.05) is 18.2 Å². The lowest BCUT2D eigenvalue weighted by Gasteiger charge is -2.29. The van der Waals surface area contributed by atoms with Crippen molar-refractivity contribution in [3.05, 3.63) is 34.9 Å². The number of hydrogen-bond acceptors (Lipinski definition) is 2. The van der Waals surface area contributed by atoms with Crippen LogP contribution in [0, 0.1) is 0 Å². The second-order valence-electron chi connectivity index (χ2n) is 4.55. The first-order chi connectivity index (χ1) is 7.74. The second-order valence-corrected chi connectivity index (χ2v) is 4.99. The Balaban J connectivity index is 2.11. The zero-order valence-electron chi connectivity index (χ0n) is 9.63. The van der Waals surface area contributed by atoms with Crippen molar-refractivity contribution in [2.75, 3.05) is 20.3 Å². The Kier molecular flexibility index (Phi) is 3.85. The van der Waals surface area contributed by atoms with Crippen LogP contribution in [0.3, 0.4) is 0 Å². The lowest BCUT2D eigenvalue weighted by Crippen LogP contribution is -2.46. The molecule has 1 aromatic rings. The summed E-state index contributed by atoms with van der Waals surface area (Å²) in [6.07, 6.45) is 3.39. The molecule has 1 N–H and O–H groups in total. The molecule has 0 bridgehead atoms. The monoisotopic (exact) mass is 239 g/mol. The number of methoxy groups -OCH3 is 1. The summed E-state index contributed by atoms with van der Waals surface area (Å²) in [5, 5.41) is 4.38. The molecule has 1 unspecified atom stereocenters. The minimum absolute atomic E-state index is 0.111. The van der Waals surface area contributed by atoms with E-state index in [1.165, 1.54) is 18.4 Å². The largest absolute Gasteiger partial charge is 0.383 e. The molecule has 0 spiro atoms. The van der Waals surface area contributed by atoms with Crippen LogP contribution in [0.15, 0.2) is 24.3 Å². The highest BCUT2D eigenvalue weighted by atomic mass is 35.5. The van der Waals surface area contributed by atoms with Crippen LogP contribution >= 0.6 is 11.6 Å². The summed E-state index contributed by atoms with van der Waals surface area (Å²) in [6, 6.07) is 8.09. The third-order valence-electron chi connectivity index (χ3n) is 3.18. The molecule has 2 rings (SSSR count). The second kappa shape index (κ2) is 5.17. The SMILES string of the molecule is COCC1(Cc2cccc(Cl)c2)CCCN1. The van der Waals surface area contributed by atoms with E-state index in [1.54, 1.807) is 7.11 Å². The van der Waals surface area contributed by atoms with E-state index in [4.69, 9.17) is 16.3 Å². The summed E-state index contributed by atoms with van der Waals surface area (Å²) < 4.78 is 5.34. The minimum Gasteiger partial charge on any atom is -0.383 e. The van der Waals surface area contributed by atoms with Gasteiger partial charge in [-0.2, -0.15) is 0 Å². The molecule has 0 radical (unpaired) electrons. The van der Waals surface area contributed by atoms with Gasteiger partial charge in [-0.15, -0.1) is 0 Å². The molecule has 1 saturated heterocycles. The normalized spacial score (nSPS) is 24.9. The number of hydrogen-bond donors (Lipinski definition) is 1. The zero-order valence-corrected chi connectivity index (χ0v) is 10.4. The van der Waals surface area contributed by atoms with Crippen molar-refractivity contribution in [2.45, 2.75) is 24.8 Å². The molecule has 1 atom stereocenters. The highest BCUT2D eigenvalue weighted by molar-refractivity contribution is 6.30. The van der Waals surface area contributed by atoms with E-state index in [-0.39, 0.29) is 5.54 Å². The third-order valence-corrected chi connectivity index (χ3v) is 3.42. The van der Waals surface area contributed by atoms with Gasteiger partial charge < -0.3 is 10.1 Å². The smallest absolute Gasteiger partial charge is 0.0647 e. The van der Waals surface area contributed by atoms with Crippen LogP contribution in [0.5, 0.6) is 0 Å². The van der Waals surface area contributed by atoms with E-state index in [0.717, 1.165) is 24.6 Å². The van der Waals surface area contributed by atoms with Crippen molar-refractivity contribution in [2.24, 2.45) is 0 Å². The Bertz CT molecular complexity index is 348. The molecule has 1 aliphatic heterocycles.